The van der Waals surface area contributed by atoms with Gasteiger partial charge in [-0.2, -0.15) is 10.4 Å². The molecule has 0 unspecified atom stereocenters. The number of nitrogens with one attached hydrogen (secondary N) is 1. The lowest BCUT2D eigenvalue weighted by atomic mass is 9.89. The Hall–Kier alpha value is -2.47. The van der Waals surface area contributed by atoms with Gasteiger partial charge in [0.1, 0.15) is 17.9 Å². The molecular weight excluding hydrogens is 380 g/mol. The van der Waals surface area contributed by atoms with Crippen molar-refractivity contribution in [1.82, 2.24) is 24.6 Å². The number of nitriles is 1. The number of hydrogen-bond donors (Lipinski definition) is 1. The average molecular weight is 409 g/mol. The summed E-state index contributed by atoms with van der Waals surface area (Å²) < 4.78 is 9.91. The van der Waals surface area contributed by atoms with Crippen LogP contribution in [-0.4, -0.2) is 47.1 Å². The molecule has 3 aromatic heterocycles. The van der Waals surface area contributed by atoms with E-state index in [0.717, 1.165) is 47.9 Å². The molecule has 1 aliphatic rings. The molecule has 4 rings (SSSR count). The predicted octanol–water partition coefficient (Wildman–Crippen LogP) is 3.42. The van der Waals surface area contributed by atoms with Crippen LogP contribution in [0.15, 0.2) is 36.9 Å². The lowest BCUT2D eigenvalue weighted by Crippen LogP contribution is -2.60. The molecule has 152 valence electrons. The molecule has 1 aliphatic heterocycles. The van der Waals surface area contributed by atoms with Gasteiger partial charge >= 0.3 is 0 Å². The molecule has 4 heterocycles. The number of aromatic nitrogens is 4. The second kappa shape index (κ2) is 7.75. The number of hydrogen-bond acceptors (Lipinski definition) is 5. The zero-order chi connectivity index (χ0) is 20.5. The summed E-state index contributed by atoms with van der Waals surface area (Å²) in [7, 11) is -1.09. The number of pyridine rings is 1. The van der Waals surface area contributed by atoms with Gasteiger partial charge in [0.15, 0.2) is 0 Å². The van der Waals surface area contributed by atoms with Gasteiger partial charge in [-0.15, -0.1) is 0 Å². The van der Waals surface area contributed by atoms with E-state index < -0.39 is 8.07 Å². The van der Waals surface area contributed by atoms with Crippen LogP contribution < -0.4 is 5.32 Å². The summed E-state index contributed by atoms with van der Waals surface area (Å²) in [6.45, 7) is 9.93. The second-order valence-electron chi connectivity index (χ2n) is 9.07. The molecule has 1 N–H and O–H groups in total. The van der Waals surface area contributed by atoms with Crippen LogP contribution in [0.3, 0.4) is 0 Å². The van der Waals surface area contributed by atoms with Crippen molar-refractivity contribution < 1.29 is 4.74 Å². The molecule has 8 heteroatoms. The molecule has 1 fully saturated rings. The van der Waals surface area contributed by atoms with Crippen molar-refractivity contribution in [2.75, 3.05) is 19.7 Å². The molecule has 0 bridgehead atoms. The summed E-state index contributed by atoms with van der Waals surface area (Å²) in [5.74, 6) is 0. The summed E-state index contributed by atoms with van der Waals surface area (Å²) in [6.07, 6.45) is 8.26. The molecule has 0 amide bonds. The van der Waals surface area contributed by atoms with E-state index in [1.807, 2.05) is 29.3 Å². The van der Waals surface area contributed by atoms with Gasteiger partial charge in [0.2, 0.25) is 0 Å². The van der Waals surface area contributed by atoms with E-state index in [1.165, 1.54) is 0 Å². The third kappa shape index (κ3) is 3.99. The first kappa shape index (κ1) is 19.8. The second-order valence-corrected chi connectivity index (χ2v) is 14.7. The Morgan fingerprint density at radius 1 is 1.31 bits per heavy atom. The van der Waals surface area contributed by atoms with E-state index in [2.05, 4.69) is 57.9 Å². The Labute approximate surface area is 172 Å². The van der Waals surface area contributed by atoms with Gasteiger partial charge in [-0.1, -0.05) is 19.6 Å². The van der Waals surface area contributed by atoms with Gasteiger partial charge in [-0.3, -0.25) is 4.68 Å². The lowest BCUT2D eigenvalue weighted by molar-refractivity contribution is 0.0899. The molecule has 7 nitrogen and oxygen atoms in total. The van der Waals surface area contributed by atoms with Crippen LogP contribution in [0.2, 0.25) is 25.7 Å². The quantitative estimate of drug-likeness (QED) is 0.456. The van der Waals surface area contributed by atoms with Crippen LogP contribution in [0.4, 0.5) is 0 Å². The topological polar surface area (TPSA) is 80.7 Å². The highest BCUT2D eigenvalue weighted by molar-refractivity contribution is 6.76. The minimum Gasteiger partial charge on any atom is -0.361 e. The van der Waals surface area contributed by atoms with Gasteiger partial charge in [-0.25, -0.2) is 4.98 Å². The smallest absolute Gasteiger partial charge is 0.142 e. The minimum absolute atomic E-state index is 0.227. The van der Waals surface area contributed by atoms with Crippen LogP contribution in [0.5, 0.6) is 0 Å². The zero-order valence-electron chi connectivity index (χ0n) is 17.4. The standard InChI is InChI=1S/C21H28N6OSi/c1-29(2,3)11-10-28-16-26-9-5-19-18(4-8-24-20(19)26)17-12-25-27(13-17)21(6-7-22)14-23-15-21/h4-5,8-9,12-13,23H,6,10-11,14-16H2,1-3H3. The summed E-state index contributed by atoms with van der Waals surface area (Å²) in [5.41, 5.74) is 2.83. The Balaban J connectivity index is 1.55. The fourth-order valence-electron chi connectivity index (χ4n) is 3.64. The van der Waals surface area contributed by atoms with E-state index in [0.29, 0.717) is 13.2 Å². The van der Waals surface area contributed by atoms with Crippen LogP contribution in [0.1, 0.15) is 6.42 Å². The number of fused-ring (bicyclic) bond motifs is 1. The van der Waals surface area contributed by atoms with Crippen molar-refractivity contribution in [3.05, 3.63) is 36.9 Å². The third-order valence-electron chi connectivity index (χ3n) is 5.58. The van der Waals surface area contributed by atoms with Crippen molar-refractivity contribution in [2.24, 2.45) is 0 Å². The monoisotopic (exact) mass is 408 g/mol. The molecule has 0 spiro atoms. The Morgan fingerprint density at radius 2 is 2.14 bits per heavy atom. The van der Waals surface area contributed by atoms with E-state index in [1.54, 1.807) is 0 Å². The highest BCUT2D eigenvalue weighted by Gasteiger charge is 2.39. The van der Waals surface area contributed by atoms with E-state index in [9.17, 15) is 5.26 Å². The van der Waals surface area contributed by atoms with E-state index in [4.69, 9.17) is 4.74 Å². The zero-order valence-corrected chi connectivity index (χ0v) is 18.4. The average Bonchev–Trinajstić information content (AvgIpc) is 3.28. The van der Waals surface area contributed by atoms with Gasteiger partial charge in [-0.05, 0) is 23.7 Å². The molecule has 29 heavy (non-hydrogen) atoms. The van der Waals surface area contributed by atoms with E-state index >= 15 is 0 Å². The van der Waals surface area contributed by atoms with Gasteiger partial charge in [0.05, 0.1) is 18.7 Å². The van der Waals surface area contributed by atoms with Crippen molar-refractivity contribution in [1.29, 1.82) is 5.26 Å². The maximum absolute atomic E-state index is 9.19. The molecule has 0 saturated carbocycles. The summed E-state index contributed by atoms with van der Waals surface area (Å²) in [5, 5.41) is 18.1. The molecule has 0 atom stereocenters. The minimum atomic E-state index is -1.09. The van der Waals surface area contributed by atoms with Crippen LogP contribution in [0, 0.1) is 11.3 Å². The SMILES string of the molecule is C[Si](C)(C)CCOCn1ccc2c(-c3cnn(C4(CC#N)CNC4)c3)ccnc21. The molecule has 0 aliphatic carbocycles. The first-order chi connectivity index (χ1) is 13.9. The van der Waals surface area contributed by atoms with E-state index in [-0.39, 0.29) is 5.54 Å². The van der Waals surface area contributed by atoms with Crippen molar-refractivity contribution in [2.45, 2.75) is 44.4 Å². The highest BCUT2D eigenvalue weighted by Crippen LogP contribution is 2.31. The Kier molecular flexibility index (Phi) is 5.30. The fraction of sp³-hybridized carbons (Fsp3) is 0.476. The van der Waals surface area contributed by atoms with Crippen molar-refractivity contribution in [3.8, 4) is 17.2 Å². The number of nitrogens with zero attached hydrogens (tertiary/aromatic N) is 5. The summed E-state index contributed by atoms with van der Waals surface area (Å²) >= 11 is 0. The van der Waals surface area contributed by atoms with Gasteiger partial charge < -0.3 is 14.6 Å². The van der Waals surface area contributed by atoms with Crippen LogP contribution >= 0.6 is 0 Å². The normalized spacial score (nSPS) is 15.9. The molecular formula is C21H28N6OSi. The van der Waals surface area contributed by atoms with Gasteiger partial charge in [0.25, 0.3) is 0 Å². The first-order valence-corrected chi connectivity index (χ1v) is 13.8. The molecule has 0 radical (unpaired) electrons. The predicted molar refractivity (Wildman–Crippen MR) is 116 cm³/mol. The maximum Gasteiger partial charge on any atom is 0.142 e. The number of ether oxygens (including phenoxy) is 1. The lowest BCUT2D eigenvalue weighted by Gasteiger charge is -2.41. The third-order valence-corrected chi connectivity index (χ3v) is 7.29. The van der Waals surface area contributed by atoms with Crippen LogP contribution in [-0.2, 0) is 17.0 Å². The maximum atomic E-state index is 9.19. The molecule has 1 saturated heterocycles. The summed E-state index contributed by atoms with van der Waals surface area (Å²) in [6, 6.07) is 7.57. The first-order valence-electron chi connectivity index (χ1n) is 10.1. The largest absolute Gasteiger partial charge is 0.361 e. The van der Waals surface area contributed by atoms with Crippen molar-refractivity contribution in [3.63, 3.8) is 0 Å². The van der Waals surface area contributed by atoms with Crippen LogP contribution in [0.25, 0.3) is 22.2 Å². The summed E-state index contributed by atoms with van der Waals surface area (Å²) in [4.78, 5) is 4.58. The molecule has 0 aromatic carbocycles. The van der Waals surface area contributed by atoms with Crippen molar-refractivity contribution >= 4 is 19.1 Å². The van der Waals surface area contributed by atoms with Gasteiger partial charge in [0, 0.05) is 57.3 Å². The molecule has 3 aromatic rings. The Morgan fingerprint density at radius 3 is 2.83 bits per heavy atom. The highest BCUT2D eigenvalue weighted by atomic mass is 28.3. The number of rotatable bonds is 8. The fourth-order valence-corrected chi connectivity index (χ4v) is 4.39. The Bertz CT molecular complexity index is 1040.